The van der Waals surface area contributed by atoms with Crippen LogP contribution >= 0.6 is 0 Å². The van der Waals surface area contributed by atoms with Gasteiger partial charge in [0.25, 0.3) is 0 Å². The number of halogens is 2. The van der Waals surface area contributed by atoms with E-state index >= 15 is 0 Å². The summed E-state index contributed by atoms with van der Waals surface area (Å²) < 4.78 is 78.6. The van der Waals surface area contributed by atoms with Crippen molar-refractivity contribution in [2.45, 2.75) is 35.8 Å². The molecule has 0 radical (unpaired) electrons. The van der Waals surface area contributed by atoms with Gasteiger partial charge in [-0.3, -0.25) is 0 Å². The van der Waals surface area contributed by atoms with Crippen LogP contribution in [0.15, 0.2) is 23.1 Å². The topological polar surface area (TPSA) is 83.6 Å². The lowest BCUT2D eigenvalue weighted by Crippen LogP contribution is -2.42. The first kappa shape index (κ1) is 18.7. The minimum atomic E-state index is -3.93. The van der Waals surface area contributed by atoms with Gasteiger partial charge in [0, 0.05) is 19.6 Å². The molecule has 0 amide bonds. The highest BCUT2D eigenvalue weighted by Gasteiger charge is 2.41. The molecule has 6 nitrogen and oxygen atoms in total. The highest BCUT2D eigenvalue weighted by molar-refractivity contribution is 7.90. The zero-order valence-electron chi connectivity index (χ0n) is 13.5. The number of piperidine rings is 1. The molecule has 25 heavy (non-hydrogen) atoms. The zero-order valence-corrected chi connectivity index (χ0v) is 15.1. The maximum Gasteiger partial charge on any atom is 0.240 e. The van der Waals surface area contributed by atoms with E-state index in [0.29, 0.717) is 32.0 Å². The van der Waals surface area contributed by atoms with Crippen molar-refractivity contribution in [1.82, 2.24) is 9.03 Å². The molecule has 10 heteroatoms. The summed E-state index contributed by atoms with van der Waals surface area (Å²) in [6, 6.07) is 2.42. The third-order valence-corrected chi connectivity index (χ3v) is 8.46. The van der Waals surface area contributed by atoms with Crippen LogP contribution in [0.4, 0.5) is 8.78 Å². The summed E-state index contributed by atoms with van der Waals surface area (Å²) >= 11 is 0. The molecule has 0 aromatic heterocycles. The second kappa shape index (κ2) is 6.90. The Morgan fingerprint density at radius 1 is 1.00 bits per heavy atom. The van der Waals surface area contributed by atoms with Gasteiger partial charge in [-0.2, -0.15) is 0 Å². The molecule has 1 saturated heterocycles. The average Bonchev–Trinajstić information content (AvgIpc) is 3.41. The van der Waals surface area contributed by atoms with Crippen molar-refractivity contribution in [2.75, 3.05) is 19.6 Å². The Hall–Kier alpha value is -1.10. The monoisotopic (exact) mass is 394 g/mol. The molecular weight excluding hydrogens is 374 g/mol. The molecule has 1 N–H and O–H groups in total. The van der Waals surface area contributed by atoms with Gasteiger partial charge in [0.2, 0.25) is 20.0 Å². The van der Waals surface area contributed by atoms with E-state index in [1.807, 2.05) is 0 Å². The van der Waals surface area contributed by atoms with Crippen LogP contribution in [0.1, 0.15) is 25.7 Å². The fourth-order valence-electron chi connectivity index (χ4n) is 2.90. The van der Waals surface area contributed by atoms with Crippen LogP contribution in [0.25, 0.3) is 0 Å². The smallest absolute Gasteiger partial charge is 0.212 e. The number of sulfonamides is 2. The second-order valence-electron chi connectivity index (χ2n) is 6.51. The standard InChI is InChI=1S/C15H20F2N2O4S2/c16-14-4-3-13(9-15(14)17)24(20,21)18-10-11-5-7-19(8-6-11)25(22,23)12-1-2-12/h3-4,9,11-12,18H,1-2,5-8,10H2. The van der Waals surface area contributed by atoms with E-state index < -0.39 is 31.7 Å². The van der Waals surface area contributed by atoms with Gasteiger partial charge in [-0.1, -0.05) is 0 Å². The molecule has 1 aliphatic heterocycles. The Morgan fingerprint density at radius 2 is 1.64 bits per heavy atom. The number of nitrogens with zero attached hydrogens (tertiary/aromatic N) is 1. The van der Waals surface area contributed by atoms with Gasteiger partial charge in [-0.15, -0.1) is 0 Å². The summed E-state index contributed by atoms with van der Waals surface area (Å²) in [5, 5.41) is -0.240. The van der Waals surface area contributed by atoms with Crippen molar-refractivity contribution in [3.05, 3.63) is 29.8 Å². The lowest BCUT2D eigenvalue weighted by atomic mass is 9.99. The molecule has 1 aliphatic carbocycles. The van der Waals surface area contributed by atoms with Crippen molar-refractivity contribution in [3.63, 3.8) is 0 Å². The summed E-state index contributed by atoms with van der Waals surface area (Å²) in [6.07, 6.45) is 2.56. The third-order valence-electron chi connectivity index (χ3n) is 4.64. The molecule has 0 bridgehead atoms. The highest BCUT2D eigenvalue weighted by Crippen LogP contribution is 2.33. The predicted molar refractivity (Wildman–Crippen MR) is 87.8 cm³/mol. The molecule has 1 saturated carbocycles. The summed E-state index contributed by atoms with van der Waals surface area (Å²) in [6.45, 7) is 0.908. The molecule has 140 valence electrons. The maximum atomic E-state index is 13.2. The van der Waals surface area contributed by atoms with Gasteiger partial charge >= 0.3 is 0 Å². The molecule has 0 spiro atoms. The van der Waals surface area contributed by atoms with Gasteiger partial charge in [0.1, 0.15) is 0 Å². The van der Waals surface area contributed by atoms with E-state index in [4.69, 9.17) is 0 Å². The third kappa shape index (κ3) is 4.18. The number of rotatable bonds is 6. The average molecular weight is 394 g/mol. The Kier molecular flexibility index (Phi) is 5.16. The van der Waals surface area contributed by atoms with E-state index in [0.717, 1.165) is 25.0 Å². The first-order valence-electron chi connectivity index (χ1n) is 8.14. The molecule has 1 aromatic carbocycles. The number of hydrogen-bond donors (Lipinski definition) is 1. The summed E-state index contributed by atoms with van der Waals surface area (Å²) in [4.78, 5) is -0.333. The Balaban J connectivity index is 1.55. The van der Waals surface area contributed by atoms with Crippen LogP contribution in [-0.4, -0.2) is 46.0 Å². The van der Waals surface area contributed by atoms with E-state index in [1.54, 1.807) is 0 Å². The van der Waals surface area contributed by atoms with Crippen LogP contribution in [0.2, 0.25) is 0 Å². The predicted octanol–water partition coefficient (Wildman–Crippen LogP) is 1.45. The first-order valence-corrected chi connectivity index (χ1v) is 11.1. The number of hydrogen-bond acceptors (Lipinski definition) is 4. The summed E-state index contributed by atoms with van der Waals surface area (Å²) in [5.41, 5.74) is 0. The first-order chi connectivity index (χ1) is 11.7. The van der Waals surface area contributed by atoms with Crippen molar-refractivity contribution in [2.24, 2.45) is 5.92 Å². The fraction of sp³-hybridized carbons (Fsp3) is 0.600. The normalized spacial score (nSPS) is 20.7. The van der Waals surface area contributed by atoms with Crippen molar-refractivity contribution in [1.29, 1.82) is 0 Å². The fourth-order valence-corrected chi connectivity index (χ4v) is 5.90. The van der Waals surface area contributed by atoms with Crippen molar-refractivity contribution in [3.8, 4) is 0 Å². The minimum Gasteiger partial charge on any atom is -0.212 e. The van der Waals surface area contributed by atoms with Crippen LogP contribution in [-0.2, 0) is 20.0 Å². The highest BCUT2D eigenvalue weighted by atomic mass is 32.2. The molecule has 2 aliphatic rings. The molecule has 1 aromatic rings. The summed E-state index contributed by atoms with van der Waals surface area (Å²) in [5.74, 6) is -2.32. The SMILES string of the molecule is O=S(=O)(NCC1CCN(S(=O)(=O)C2CC2)CC1)c1ccc(F)c(F)c1. The molecule has 3 rings (SSSR count). The van der Waals surface area contributed by atoms with Crippen LogP contribution in [0.5, 0.6) is 0 Å². The Bertz CT molecular complexity index is 846. The number of nitrogens with one attached hydrogen (secondary N) is 1. The summed E-state index contributed by atoms with van der Waals surface area (Å²) in [7, 11) is -7.12. The van der Waals surface area contributed by atoms with Gasteiger partial charge in [0.15, 0.2) is 11.6 Å². The van der Waals surface area contributed by atoms with Crippen molar-refractivity contribution >= 4 is 20.0 Å². The van der Waals surface area contributed by atoms with E-state index in [-0.39, 0.29) is 22.6 Å². The van der Waals surface area contributed by atoms with Gasteiger partial charge in [-0.05, 0) is 49.8 Å². The van der Waals surface area contributed by atoms with E-state index in [9.17, 15) is 25.6 Å². The molecule has 0 unspecified atom stereocenters. The maximum absolute atomic E-state index is 13.2. The molecule has 2 fully saturated rings. The Morgan fingerprint density at radius 3 is 2.20 bits per heavy atom. The van der Waals surface area contributed by atoms with E-state index in [2.05, 4.69) is 4.72 Å². The van der Waals surface area contributed by atoms with Crippen LogP contribution < -0.4 is 4.72 Å². The van der Waals surface area contributed by atoms with Gasteiger partial charge in [0.05, 0.1) is 10.1 Å². The number of benzene rings is 1. The lowest BCUT2D eigenvalue weighted by molar-refractivity contribution is 0.274. The second-order valence-corrected chi connectivity index (χ2v) is 10.5. The molecule has 0 atom stereocenters. The zero-order chi connectivity index (χ0) is 18.2. The van der Waals surface area contributed by atoms with Crippen LogP contribution in [0.3, 0.4) is 0 Å². The van der Waals surface area contributed by atoms with Crippen molar-refractivity contribution < 1.29 is 25.6 Å². The quantitative estimate of drug-likeness (QED) is 0.792. The largest absolute Gasteiger partial charge is 0.240 e. The molecule has 1 heterocycles. The van der Waals surface area contributed by atoms with Gasteiger partial charge < -0.3 is 0 Å². The van der Waals surface area contributed by atoms with E-state index in [1.165, 1.54) is 4.31 Å². The minimum absolute atomic E-state index is 0.00530. The molecular formula is C15H20F2N2O4S2. The lowest BCUT2D eigenvalue weighted by Gasteiger charge is -2.31. The van der Waals surface area contributed by atoms with Gasteiger partial charge in [-0.25, -0.2) is 34.6 Å². The Labute approximate surface area is 146 Å². The van der Waals surface area contributed by atoms with Crippen LogP contribution in [0, 0.1) is 17.6 Å².